The second-order valence-corrected chi connectivity index (χ2v) is 5.50. The van der Waals surface area contributed by atoms with E-state index in [-0.39, 0.29) is 12.4 Å². The van der Waals surface area contributed by atoms with Gasteiger partial charge in [-0.2, -0.15) is 0 Å². The minimum Gasteiger partial charge on any atom is -0.494 e. The Morgan fingerprint density at radius 2 is 1.43 bits per heavy atom. The van der Waals surface area contributed by atoms with Crippen LogP contribution in [0.3, 0.4) is 0 Å². The Balaban J connectivity index is 1.85. The van der Waals surface area contributed by atoms with Gasteiger partial charge in [0.05, 0.1) is 6.61 Å². The molecule has 0 heterocycles. The summed E-state index contributed by atoms with van der Waals surface area (Å²) in [5.41, 5.74) is 8.39. The second-order valence-electron chi connectivity index (χ2n) is 5.50. The van der Waals surface area contributed by atoms with E-state index < -0.39 is 0 Å². The summed E-state index contributed by atoms with van der Waals surface area (Å²) in [6.45, 7) is 0.980. The Labute approximate surface area is 137 Å². The molecule has 23 heavy (non-hydrogen) atoms. The first-order valence-corrected chi connectivity index (χ1v) is 7.99. The molecular weight excluding hydrogens is 288 g/mol. The van der Waals surface area contributed by atoms with Crippen molar-refractivity contribution in [2.75, 3.05) is 13.2 Å². The summed E-state index contributed by atoms with van der Waals surface area (Å²) in [6, 6.07) is 15.7. The minimum atomic E-state index is 0.0827. The number of nitrogens with two attached hydrogens (primary N) is 1. The SMILES string of the molecule is N=C(N)c1ccc(-c2ccc(OCCCCCCO)cc2)cc1. The zero-order chi connectivity index (χ0) is 16.5. The zero-order valence-electron chi connectivity index (χ0n) is 13.3. The van der Waals surface area contributed by atoms with Crippen LogP contribution in [0.4, 0.5) is 0 Å². The molecule has 0 spiro atoms. The first kappa shape index (κ1) is 17.0. The van der Waals surface area contributed by atoms with E-state index in [1.807, 2.05) is 48.5 Å². The van der Waals surface area contributed by atoms with Crippen LogP contribution in [0, 0.1) is 5.41 Å². The van der Waals surface area contributed by atoms with Crippen LogP contribution in [0.25, 0.3) is 11.1 Å². The van der Waals surface area contributed by atoms with Crippen molar-refractivity contribution in [1.29, 1.82) is 5.41 Å². The molecule has 0 aromatic heterocycles. The van der Waals surface area contributed by atoms with E-state index in [0.717, 1.165) is 48.1 Å². The van der Waals surface area contributed by atoms with Crippen molar-refractivity contribution in [3.63, 3.8) is 0 Å². The van der Waals surface area contributed by atoms with Crippen molar-refractivity contribution in [3.8, 4) is 16.9 Å². The Morgan fingerprint density at radius 1 is 0.870 bits per heavy atom. The Kier molecular flexibility index (Phi) is 6.63. The van der Waals surface area contributed by atoms with Gasteiger partial charge in [0.1, 0.15) is 11.6 Å². The predicted octanol–water partition coefficient (Wildman–Crippen LogP) is 3.57. The second kappa shape index (κ2) is 8.96. The number of ether oxygens (including phenoxy) is 1. The maximum Gasteiger partial charge on any atom is 0.122 e. The van der Waals surface area contributed by atoms with Crippen LogP contribution in [0.15, 0.2) is 48.5 Å². The number of benzene rings is 2. The lowest BCUT2D eigenvalue weighted by atomic mass is 10.0. The van der Waals surface area contributed by atoms with Gasteiger partial charge in [-0.25, -0.2) is 0 Å². The van der Waals surface area contributed by atoms with Crippen LogP contribution in [0.2, 0.25) is 0 Å². The monoisotopic (exact) mass is 312 g/mol. The number of hydrogen-bond donors (Lipinski definition) is 3. The molecule has 0 radical (unpaired) electrons. The molecule has 0 aliphatic carbocycles. The average molecular weight is 312 g/mol. The molecule has 0 aliphatic rings. The molecular formula is C19H24N2O2. The third-order valence-electron chi connectivity index (χ3n) is 3.70. The maximum absolute atomic E-state index is 8.72. The topological polar surface area (TPSA) is 79.3 Å². The van der Waals surface area contributed by atoms with Gasteiger partial charge in [0, 0.05) is 12.2 Å². The number of rotatable bonds is 9. The van der Waals surface area contributed by atoms with Gasteiger partial charge in [-0.1, -0.05) is 42.8 Å². The molecule has 2 aromatic carbocycles. The molecule has 0 atom stereocenters. The lowest BCUT2D eigenvalue weighted by molar-refractivity contribution is 0.273. The van der Waals surface area contributed by atoms with Crippen LogP contribution in [-0.4, -0.2) is 24.2 Å². The normalized spacial score (nSPS) is 10.5. The van der Waals surface area contributed by atoms with Crippen molar-refractivity contribution in [2.45, 2.75) is 25.7 Å². The first-order valence-electron chi connectivity index (χ1n) is 7.99. The number of aliphatic hydroxyl groups excluding tert-OH is 1. The van der Waals surface area contributed by atoms with Gasteiger partial charge in [0.15, 0.2) is 0 Å². The van der Waals surface area contributed by atoms with Crippen molar-refractivity contribution >= 4 is 5.84 Å². The molecule has 122 valence electrons. The van der Waals surface area contributed by atoms with Crippen LogP contribution < -0.4 is 10.5 Å². The highest BCUT2D eigenvalue weighted by molar-refractivity contribution is 5.95. The van der Waals surface area contributed by atoms with Gasteiger partial charge >= 0.3 is 0 Å². The van der Waals surface area contributed by atoms with Gasteiger partial charge in [-0.3, -0.25) is 5.41 Å². The van der Waals surface area contributed by atoms with Gasteiger partial charge in [0.2, 0.25) is 0 Å². The van der Waals surface area contributed by atoms with Gasteiger partial charge < -0.3 is 15.6 Å². The summed E-state index contributed by atoms with van der Waals surface area (Å²) in [5.74, 6) is 0.954. The number of amidine groups is 1. The Hall–Kier alpha value is -2.33. The van der Waals surface area contributed by atoms with E-state index >= 15 is 0 Å². The highest BCUT2D eigenvalue weighted by Crippen LogP contribution is 2.23. The van der Waals surface area contributed by atoms with Gasteiger partial charge in [0.25, 0.3) is 0 Å². The Bertz CT molecular complexity index is 606. The van der Waals surface area contributed by atoms with Crippen molar-refractivity contribution in [2.24, 2.45) is 5.73 Å². The summed E-state index contributed by atoms with van der Waals surface area (Å²) >= 11 is 0. The van der Waals surface area contributed by atoms with Crippen LogP contribution in [0.5, 0.6) is 5.75 Å². The lowest BCUT2D eigenvalue weighted by Crippen LogP contribution is -2.10. The van der Waals surface area contributed by atoms with Crippen LogP contribution in [0.1, 0.15) is 31.2 Å². The molecule has 4 N–H and O–H groups in total. The number of nitrogen functional groups attached to an aromatic ring is 1. The number of aliphatic hydroxyl groups is 1. The lowest BCUT2D eigenvalue weighted by Gasteiger charge is -2.08. The molecule has 0 saturated heterocycles. The van der Waals surface area contributed by atoms with Gasteiger partial charge in [-0.15, -0.1) is 0 Å². The summed E-state index contributed by atoms with van der Waals surface area (Å²) in [4.78, 5) is 0. The first-order chi connectivity index (χ1) is 11.2. The predicted molar refractivity (Wildman–Crippen MR) is 93.9 cm³/mol. The standard InChI is InChI=1S/C19H24N2O2/c20-19(21)17-7-5-15(6-8-17)16-9-11-18(12-10-16)23-14-4-2-1-3-13-22/h5-12,22H,1-4,13-14H2,(H3,20,21). The molecule has 0 unspecified atom stereocenters. The maximum atomic E-state index is 8.72. The largest absolute Gasteiger partial charge is 0.494 e. The van der Waals surface area contributed by atoms with Crippen molar-refractivity contribution in [3.05, 3.63) is 54.1 Å². The molecule has 0 fully saturated rings. The number of nitrogens with one attached hydrogen (secondary N) is 1. The highest BCUT2D eigenvalue weighted by Gasteiger charge is 2.01. The molecule has 2 aromatic rings. The molecule has 0 amide bonds. The molecule has 0 saturated carbocycles. The summed E-state index contributed by atoms with van der Waals surface area (Å²) in [5, 5.41) is 16.1. The van der Waals surface area contributed by atoms with E-state index in [9.17, 15) is 0 Å². The molecule has 0 aliphatic heterocycles. The van der Waals surface area contributed by atoms with Crippen LogP contribution in [-0.2, 0) is 0 Å². The van der Waals surface area contributed by atoms with E-state index in [0.29, 0.717) is 6.61 Å². The van der Waals surface area contributed by atoms with Gasteiger partial charge in [-0.05, 0) is 42.5 Å². The van der Waals surface area contributed by atoms with E-state index in [4.69, 9.17) is 21.0 Å². The van der Waals surface area contributed by atoms with E-state index in [2.05, 4.69) is 0 Å². The van der Waals surface area contributed by atoms with Crippen molar-refractivity contribution < 1.29 is 9.84 Å². The van der Waals surface area contributed by atoms with E-state index in [1.165, 1.54) is 0 Å². The third kappa shape index (κ3) is 5.42. The van der Waals surface area contributed by atoms with E-state index in [1.54, 1.807) is 0 Å². The fraction of sp³-hybridized carbons (Fsp3) is 0.316. The highest BCUT2D eigenvalue weighted by atomic mass is 16.5. The molecule has 4 heteroatoms. The van der Waals surface area contributed by atoms with Crippen LogP contribution >= 0.6 is 0 Å². The average Bonchev–Trinajstić information content (AvgIpc) is 2.58. The molecule has 2 rings (SSSR count). The smallest absolute Gasteiger partial charge is 0.122 e. The zero-order valence-corrected chi connectivity index (χ0v) is 13.3. The summed E-state index contributed by atoms with van der Waals surface area (Å²) in [6.07, 6.45) is 4.02. The summed E-state index contributed by atoms with van der Waals surface area (Å²) in [7, 11) is 0. The molecule has 0 bridgehead atoms. The minimum absolute atomic E-state index is 0.0827. The fourth-order valence-electron chi connectivity index (χ4n) is 2.34. The molecule has 4 nitrogen and oxygen atoms in total. The Morgan fingerprint density at radius 3 is 2.00 bits per heavy atom. The quantitative estimate of drug-likeness (QED) is 0.376. The number of unbranched alkanes of at least 4 members (excludes halogenated alkanes) is 3. The fourth-order valence-corrected chi connectivity index (χ4v) is 2.34. The number of hydrogen-bond acceptors (Lipinski definition) is 3. The van der Waals surface area contributed by atoms with Crippen molar-refractivity contribution in [1.82, 2.24) is 0 Å². The summed E-state index contributed by atoms with van der Waals surface area (Å²) < 4.78 is 5.72. The third-order valence-corrected chi connectivity index (χ3v) is 3.70.